The van der Waals surface area contributed by atoms with Crippen molar-refractivity contribution in [2.24, 2.45) is 5.41 Å². The molecule has 3 N–H and O–H groups in total. The van der Waals surface area contributed by atoms with Gasteiger partial charge < -0.3 is 11.1 Å². The molecule has 2 rings (SSSR count). The molecule has 1 aliphatic carbocycles. The SMILES string of the molecule is CC1(CNC(=O)c2ccc(N)cc2)CCC1. The summed E-state index contributed by atoms with van der Waals surface area (Å²) >= 11 is 0. The minimum atomic E-state index is -0.00637. The lowest BCUT2D eigenvalue weighted by atomic mass is 9.70. The first kappa shape index (κ1) is 11.0. The smallest absolute Gasteiger partial charge is 0.251 e. The molecule has 0 saturated heterocycles. The summed E-state index contributed by atoms with van der Waals surface area (Å²) in [6.07, 6.45) is 3.72. The van der Waals surface area contributed by atoms with Crippen LogP contribution in [0.3, 0.4) is 0 Å². The summed E-state index contributed by atoms with van der Waals surface area (Å²) in [5.41, 5.74) is 7.25. The van der Waals surface area contributed by atoms with E-state index in [1.807, 2.05) is 0 Å². The van der Waals surface area contributed by atoms with Gasteiger partial charge in [0.15, 0.2) is 0 Å². The Bertz CT molecular complexity index is 379. The van der Waals surface area contributed by atoms with Crippen LogP contribution in [-0.2, 0) is 0 Å². The highest BCUT2D eigenvalue weighted by atomic mass is 16.1. The molecular formula is C13H18N2O. The number of amides is 1. The molecule has 0 aromatic heterocycles. The molecule has 0 heterocycles. The fourth-order valence-electron chi connectivity index (χ4n) is 1.99. The standard InChI is InChI=1S/C13H18N2O/c1-13(7-2-8-13)9-15-12(16)10-3-5-11(14)6-4-10/h3-6H,2,7-9,14H2,1H3,(H,15,16). The third-order valence-electron chi connectivity index (χ3n) is 3.41. The molecule has 16 heavy (non-hydrogen) atoms. The Kier molecular flexibility index (Phi) is 2.86. The van der Waals surface area contributed by atoms with E-state index in [1.165, 1.54) is 19.3 Å². The van der Waals surface area contributed by atoms with Crippen LogP contribution in [-0.4, -0.2) is 12.5 Å². The van der Waals surface area contributed by atoms with Crippen molar-refractivity contribution in [1.29, 1.82) is 0 Å². The number of rotatable bonds is 3. The highest BCUT2D eigenvalue weighted by Crippen LogP contribution is 2.39. The van der Waals surface area contributed by atoms with Crippen molar-refractivity contribution in [2.45, 2.75) is 26.2 Å². The molecule has 0 aliphatic heterocycles. The number of carbonyl (C=O) groups is 1. The summed E-state index contributed by atoms with van der Waals surface area (Å²) in [6.45, 7) is 3.00. The molecule has 0 spiro atoms. The maximum absolute atomic E-state index is 11.8. The highest BCUT2D eigenvalue weighted by Gasteiger charge is 2.31. The van der Waals surface area contributed by atoms with Crippen molar-refractivity contribution in [3.63, 3.8) is 0 Å². The molecule has 1 amide bonds. The van der Waals surface area contributed by atoms with Crippen molar-refractivity contribution >= 4 is 11.6 Å². The molecular weight excluding hydrogens is 200 g/mol. The summed E-state index contributed by atoms with van der Waals surface area (Å²) < 4.78 is 0. The summed E-state index contributed by atoms with van der Waals surface area (Å²) in [5.74, 6) is -0.00637. The van der Waals surface area contributed by atoms with Gasteiger partial charge in [-0.2, -0.15) is 0 Å². The first-order valence-corrected chi connectivity index (χ1v) is 5.73. The first-order valence-electron chi connectivity index (χ1n) is 5.73. The van der Waals surface area contributed by atoms with Gasteiger partial charge in [-0.3, -0.25) is 4.79 Å². The van der Waals surface area contributed by atoms with Gasteiger partial charge in [-0.25, -0.2) is 0 Å². The fourth-order valence-corrected chi connectivity index (χ4v) is 1.99. The number of nitrogens with two attached hydrogens (primary N) is 1. The van der Waals surface area contributed by atoms with Gasteiger partial charge in [0.25, 0.3) is 5.91 Å². The van der Waals surface area contributed by atoms with E-state index >= 15 is 0 Å². The second kappa shape index (κ2) is 4.16. The zero-order chi connectivity index (χ0) is 11.6. The Hall–Kier alpha value is -1.51. The van der Waals surface area contributed by atoms with Crippen LogP contribution in [0, 0.1) is 5.41 Å². The molecule has 0 radical (unpaired) electrons. The Labute approximate surface area is 96.0 Å². The van der Waals surface area contributed by atoms with Crippen molar-refractivity contribution < 1.29 is 4.79 Å². The van der Waals surface area contributed by atoms with Crippen LogP contribution >= 0.6 is 0 Å². The molecule has 0 unspecified atom stereocenters. The van der Waals surface area contributed by atoms with Crippen LogP contribution in [0.5, 0.6) is 0 Å². The second-order valence-electron chi connectivity index (χ2n) is 4.97. The second-order valence-corrected chi connectivity index (χ2v) is 4.97. The topological polar surface area (TPSA) is 55.1 Å². The predicted molar refractivity (Wildman–Crippen MR) is 65.1 cm³/mol. The zero-order valence-corrected chi connectivity index (χ0v) is 9.62. The van der Waals surface area contributed by atoms with Crippen molar-refractivity contribution in [1.82, 2.24) is 5.32 Å². The van der Waals surface area contributed by atoms with E-state index in [4.69, 9.17) is 5.73 Å². The normalized spacial score (nSPS) is 17.6. The maximum Gasteiger partial charge on any atom is 0.251 e. The molecule has 0 bridgehead atoms. The fraction of sp³-hybridized carbons (Fsp3) is 0.462. The van der Waals surface area contributed by atoms with Gasteiger partial charge in [-0.1, -0.05) is 13.3 Å². The minimum Gasteiger partial charge on any atom is -0.399 e. The molecule has 1 aromatic carbocycles. The summed E-state index contributed by atoms with van der Waals surface area (Å²) in [6, 6.07) is 7.02. The molecule has 86 valence electrons. The van der Waals surface area contributed by atoms with Crippen LogP contribution in [0.2, 0.25) is 0 Å². The van der Waals surface area contributed by atoms with Crippen molar-refractivity contribution in [3.8, 4) is 0 Å². The maximum atomic E-state index is 11.8. The van der Waals surface area contributed by atoms with Crippen LogP contribution in [0.15, 0.2) is 24.3 Å². The van der Waals surface area contributed by atoms with E-state index in [2.05, 4.69) is 12.2 Å². The monoisotopic (exact) mass is 218 g/mol. The van der Waals surface area contributed by atoms with Crippen molar-refractivity contribution in [3.05, 3.63) is 29.8 Å². The number of hydrogen-bond donors (Lipinski definition) is 2. The number of hydrogen-bond acceptors (Lipinski definition) is 2. The van der Waals surface area contributed by atoms with E-state index in [0.717, 1.165) is 6.54 Å². The predicted octanol–water partition coefficient (Wildman–Crippen LogP) is 2.19. The highest BCUT2D eigenvalue weighted by molar-refractivity contribution is 5.94. The summed E-state index contributed by atoms with van der Waals surface area (Å²) in [4.78, 5) is 11.8. The van der Waals surface area contributed by atoms with E-state index in [1.54, 1.807) is 24.3 Å². The Morgan fingerprint density at radius 2 is 2.00 bits per heavy atom. The molecule has 1 saturated carbocycles. The molecule has 1 fully saturated rings. The van der Waals surface area contributed by atoms with Gasteiger partial charge in [-0.15, -0.1) is 0 Å². The van der Waals surface area contributed by atoms with Crippen LogP contribution in [0.4, 0.5) is 5.69 Å². The largest absolute Gasteiger partial charge is 0.399 e. The number of carbonyl (C=O) groups excluding carboxylic acids is 1. The van der Waals surface area contributed by atoms with Gasteiger partial charge in [0.05, 0.1) is 0 Å². The van der Waals surface area contributed by atoms with E-state index in [-0.39, 0.29) is 5.91 Å². The molecule has 1 aliphatic rings. The van der Waals surface area contributed by atoms with Gasteiger partial charge in [-0.05, 0) is 42.5 Å². The molecule has 1 aromatic rings. The number of benzene rings is 1. The number of nitrogens with one attached hydrogen (secondary N) is 1. The van der Waals surface area contributed by atoms with E-state index in [0.29, 0.717) is 16.7 Å². The van der Waals surface area contributed by atoms with Gasteiger partial charge in [0, 0.05) is 17.8 Å². The zero-order valence-electron chi connectivity index (χ0n) is 9.62. The molecule has 3 heteroatoms. The summed E-state index contributed by atoms with van der Waals surface area (Å²) in [5, 5.41) is 2.98. The lowest BCUT2D eigenvalue weighted by Gasteiger charge is -2.38. The van der Waals surface area contributed by atoms with E-state index < -0.39 is 0 Å². The molecule has 0 atom stereocenters. The third kappa shape index (κ3) is 2.35. The lowest BCUT2D eigenvalue weighted by Crippen LogP contribution is -2.39. The van der Waals surface area contributed by atoms with Gasteiger partial charge in [0.1, 0.15) is 0 Å². The Morgan fingerprint density at radius 3 is 2.50 bits per heavy atom. The van der Waals surface area contributed by atoms with Crippen molar-refractivity contribution in [2.75, 3.05) is 12.3 Å². The van der Waals surface area contributed by atoms with Crippen LogP contribution < -0.4 is 11.1 Å². The number of anilines is 1. The Morgan fingerprint density at radius 1 is 1.38 bits per heavy atom. The number of nitrogen functional groups attached to an aromatic ring is 1. The van der Waals surface area contributed by atoms with Crippen LogP contribution in [0.25, 0.3) is 0 Å². The van der Waals surface area contributed by atoms with Crippen LogP contribution in [0.1, 0.15) is 36.5 Å². The average Bonchev–Trinajstić information content (AvgIpc) is 2.24. The average molecular weight is 218 g/mol. The minimum absolute atomic E-state index is 0.00637. The lowest BCUT2D eigenvalue weighted by molar-refractivity contribution is 0.0891. The Balaban J connectivity index is 1.90. The first-order chi connectivity index (χ1) is 7.59. The third-order valence-corrected chi connectivity index (χ3v) is 3.41. The van der Waals surface area contributed by atoms with Gasteiger partial charge in [0.2, 0.25) is 0 Å². The van der Waals surface area contributed by atoms with Gasteiger partial charge >= 0.3 is 0 Å². The summed E-state index contributed by atoms with van der Waals surface area (Å²) in [7, 11) is 0. The molecule has 3 nitrogen and oxygen atoms in total. The quantitative estimate of drug-likeness (QED) is 0.764. The van der Waals surface area contributed by atoms with E-state index in [9.17, 15) is 4.79 Å².